The van der Waals surface area contributed by atoms with E-state index < -0.39 is 0 Å². The third kappa shape index (κ3) is 1.85. The van der Waals surface area contributed by atoms with Crippen molar-refractivity contribution in [3.8, 4) is 11.5 Å². The highest BCUT2D eigenvalue weighted by Gasteiger charge is 2.34. The third-order valence-electron chi connectivity index (χ3n) is 3.93. The number of benzene rings is 1. The van der Waals surface area contributed by atoms with Gasteiger partial charge in [-0.15, -0.1) is 0 Å². The van der Waals surface area contributed by atoms with E-state index in [1.807, 2.05) is 12.1 Å². The van der Waals surface area contributed by atoms with E-state index in [2.05, 4.69) is 0 Å². The van der Waals surface area contributed by atoms with Gasteiger partial charge in [0, 0.05) is 12.6 Å². The molecule has 1 heterocycles. The van der Waals surface area contributed by atoms with Crippen molar-refractivity contribution in [2.75, 3.05) is 13.9 Å². The number of ether oxygens (including phenoxy) is 3. The minimum absolute atomic E-state index is 0.227. The fourth-order valence-electron chi connectivity index (χ4n) is 3.00. The second-order valence-electron chi connectivity index (χ2n) is 5.16. The zero-order valence-corrected chi connectivity index (χ0v) is 10.7. The van der Waals surface area contributed by atoms with Crippen molar-refractivity contribution in [1.29, 1.82) is 0 Å². The van der Waals surface area contributed by atoms with Crippen LogP contribution >= 0.6 is 0 Å². The maximum atomic E-state index is 6.55. The fraction of sp³-hybridized carbons (Fsp3) is 0.571. The Balaban J connectivity index is 2.05. The average molecular weight is 249 g/mol. The first-order valence-electron chi connectivity index (χ1n) is 6.44. The van der Waals surface area contributed by atoms with Gasteiger partial charge in [-0.2, -0.15) is 0 Å². The predicted molar refractivity (Wildman–Crippen MR) is 67.6 cm³/mol. The van der Waals surface area contributed by atoms with Gasteiger partial charge in [0.1, 0.15) is 0 Å². The Morgan fingerprint density at radius 2 is 1.89 bits per heavy atom. The smallest absolute Gasteiger partial charge is 0.231 e. The summed E-state index contributed by atoms with van der Waals surface area (Å²) in [6.07, 6.45) is 4.45. The molecule has 1 saturated carbocycles. The zero-order valence-electron chi connectivity index (χ0n) is 10.7. The van der Waals surface area contributed by atoms with Crippen molar-refractivity contribution >= 4 is 0 Å². The topological polar surface area (TPSA) is 53.7 Å². The van der Waals surface area contributed by atoms with Crippen molar-refractivity contribution in [3.63, 3.8) is 0 Å². The van der Waals surface area contributed by atoms with E-state index in [1.54, 1.807) is 7.11 Å². The van der Waals surface area contributed by atoms with Crippen LogP contribution in [0.25, 0.3) is 0 Å². The van der Waals surface area contributed by atoms with E-state index in [0.29, 0.717) is 13.4 Å². The Morgan fingerprint density at radius 1 is 1.22 bits per heavy atom. The van der Waals surface area contributed by atoms with Gasteiger partial charge in [-0.3, -0.25) is 0 Å². The molecular formula is C14H19NO3. The number of hydrogen-bond acceptors (Lipinski definition) is 4. The second-order valence-corrected chi connectivity index (χ2v) is 5.16. The molecule has 1 aromatic carbocycles. The van der Waals surface area contributed by atoms with Crippen molar-refractivity contribution in [2.45, 2.75) is 37.8 Å². The lowest BCUT2D eigenvalue weighted by Crippen LogP contribution is -2.34. The summed E-state index contributed by atoms with van der Waals surface area (Å²) in [5, 5.41) is 0. The van der Waals surface area contributed by atoms with Crippen LogP contribution in [0.15, 0.2) is 12.1 Å². The number of hydrogen-bond donors (Lipinski definition) is 1. The van der Waals surface area contributed by atoms with Gasteiger partial charge in [0.2, 0.25) is 6.79 Å². The summed E-state index contributed by atoms with van der Waals surface area (Å²) in [5.74, 6) is 1.61. The molecule has 0 bridgehead atoms. The SMILES string of the molecule is COCc1cc2c(cc1C1(N)CCCC1)OCO2. The van der Waals surface area contributed by atoms with Crippen molar-refractivity contribution in [1.82, 2.24) is 0 Å². The zero-order chi connectivity index (χ0) is 12.6. The van der Waals surface area contributed by atoms with Gasteiger partial charge in [0.15, 0.2) is 11.5 Å². The van der Waals surface area contributed by atoms with Crippen LogP contribution in [0.3, 0.4) is 0 Å². The predicted octanol–water partition coefficient (Wildman–Crippen LogP) is 2.29. The fourth-order valence-corrected chi connectivity index (χ4v) is 3.00. The van der Waals surface area contributed by atoms with E-state index in [9.17, 15) is 0 Å². The molecule has 0 atom stereocenters. The first-order chi connectivity index (χ1) is 8.73. The van der Waals surface area contributed by atoms with Gasteiger partial charge in [-0.05, 0) is 36.1 Å². The molecule has 98 valence electrons. The maximum absolute atomic E-state index is 6.55. The molecule has 4 nitrogen and oxygen atoms in total. The first kappa shape index (κ1) is 11.8. The molecule has 2 N–H and O–H groups in total. The molecule has 0 aromatic heterocycles. The molecular weight excluding hydrogens is 230 g/mol. The first-order valence-corrected chi connectivity index (χ1v) is 6.44. The minimum atomic E-state index is -0.227. The van der Waals surface area contributed by atoms with Gasteiger partial charge < -0.3 is 19.9 Å². The molecule has 4 heteroatoms. The average Bonchev–Trinajstić information content (AvgIpc) is 2.97. The van der Waals surface area contributed by atoms with E-state index >= 15 is 0 Å². The lowest BCUT2D eigenvalue weighted by Gasteiger charge is -2.27. The molecule has 0 spiro atoms. The highest BCUT2D eigenvalue weighted by molar-refractivity contribution is 5.51. The third-order valence-corrected chi connectivity index (χ3v) is 3.93. The van der Waals surface area contributed by atoms with Crippen molar-refractivity contribution in [2.24, 2.45) is 5.73 Å². The van der Waals surface area contributed by atoms with Crippen LogP contribution in [0.1, 0.15) is 36.8 Å². The maximum Gasteiger partial charge on any atom is 0.231 e. The van der Waals surface area contributed by atoms with E-state index in [0.717, 1.165) is 35.5 Å². The number of methoxy groups -OCH3 is 1. The summed E-state index contributed by atoms with van der Waals surface area (Å²) in [6.45, 7) is 0.855. The summed E-state index contributed by atoms with van der Waals surface area (Å²) in [6, 6.07) is 4.05. The summed E-state index contributed by atoms with van der Waals surface area (Å²) >= 11 is 0. The molecule has 0 saturated heterocycles. The van der Waals surface area contributed by atoms with Crippen LogP contribution < -0.4 is 15.2 Å². The molecule has 0 unspecified atom stereocenters. The normalized spacial score (nSPS) is 20.3. The van der Waals surface area contributed by atoms with Gasteiger partial charge in [0.05, 0.1) is 6.61 Å². The lowest BCUT2D eigenvalue weighted by atomic mass is 9.85. The Kier molecular flexibility index (Phi) is 2.92. The largest absolute Gasteiger partial charge is 0.454 e. The van der Waals surface area contributed by atoms with Gasteiger partial charge in [0.25, 0.3) is 0 Å². The molecule has 0 amide bonds. The van der Waals surface area contributed by atoms with Gasteiger partial charge in [-0.1, -0.05) is 12.8 Å². The van der Waals surface area contributed by atoms with E-state index in [-0.39, 0.29) is 5.54 Å². The van der Waals surface area contributed by atoms with Crippen molar-refractivity contribution in [3.05, 3.63) is 23.3 Å². The molecule has 0 radical (unpaired) electrons. The van der Waals surface area contributed by atoms with E-state index in [1.165, 1.54) is 12.8 Å². The molecule has 18 heavy (non-hydrogen) atoms. The summed E-state index contributed by atoms with van der Waals surface area (Å²) in [7, 11) is 1.70. The van der Waals surface area contributed by atoms with Crippen LogP contribution in [0, 0.1) is 0 Å². The highest BCUT2D eigenvalue weighted by atomic mass is 16.7. The van der Waals surface area contributed by atoms with Crippen LogP contribution in [-0.4, -0.2) is 13.9 Å². The number of rotatable bonds is 3. The molecule has 1 aliphatic carbocycles. The highest BCUT2D eigenvalue weighted by Crippen LogP contribution is 2.43. The molecule has 2 aliphatic rings. The van der Waals surface area contributed by atoms with Crippen LogP contribution in [0.2, 0.25) is 0 Å². The van der Waals surface area contributed by atoms with Crippen LogP contribution in [0.4, 0.5) is 0 Å². The summed E-state index contributed by atoms with van der Waals surface area (Å²) < 4.78 is 16.2. The monoisotopic (exact) mass is 249 g/mol. The molecule has 1 aliphatic heterocycles. The second kappa shape index (κ2) is 4.44. The Hall–Kier alpha value is -1.26. The molecule has 3 rings (SSSR count). The van der Waals surface area contributed by atoms with Crippen LogP contribution in [-0.2, 0) is 16.9 Å². The van der Waals surface area contributed by atoms with Crippen LogP contribution in [0.5, 0.6) is 11.5 Å². The number of nitrogens with two attached hydrogens (primary N) is 1. The van der Waals surface area contributed by atoms with Crippen molar-refractivity contribution < 1.29 is 14.2 Å². The number of fused-ring (bicyclic) bond motifs is 1. The summed E-state index contributed by atoms with van der Waals surface area (Å²) in [5.41, 5.74) is 8.60. The summed E-state index contributed by atoms with van der Waals surface area (Å²) in [4.78, 5) is 0. The van der Waals surface area contributed by atoms with Gasteiger partial charge in [-0.25, -0.2) is 0 Å². The minimum Gasteiger partial charge on any atom is -0.454 e. The molecule has 1 aromatic rings. The Bertz CT molecular complexity index is 453. The Labute approximate surface area is 107 Å². The van der Waals surface area contributed by atoms with E-state index in [4.69, 9.17) is 19.9 Å². The quantitative estimate of drug-likeness (QED) is 0.893. The Morgan fingerprint density at radius 3 is 2.56 bits per heavy atom. The van der Waals surface area contributed by atoms with Gasteiger partial charge >= 0.3 is 0 Å². The standard InChI is InChI=1S/C14H19NO3/c1-16-8-10-6-12-13(18-9-17-12)7-11(10)14(15)4-2-3-5-14/h6-7H,2-5,8-9,15H2,1H3. The lowest BCUT2D eigenvalue weighted by molar-refractivity contribution is 0.173. The molecule has 1 fully saturated rings.